The Morgan fingerprint density at radius 3 is 2.60 bits per heavy atom. The third kappa shape index (κ3) is 6.47. The summed E-state index contributed by atoms with van der Waals surface area (Å²) in [6.45, 7) is 3.74. The molecule has 0 aliphatic carbocycles. The molecule has 1 amide bonds. The zero-order chi connectivity index (χ0) is 11.7. The van der Waals surface area contributed by atoms with E-state index < -0.39 is 0 Å². The second-order valence-corrected chi connectivity index (χ2v) is 3.95. The second kappa shape index (κ2) is 8.68. The normalized spacial score (nSPS) is 12.9. The highest BCUT2D eigenvalue weighted by Crippen LogP contribution is 2.03. The molecule has 4 heteroatoms. The lowest BCUT2D eigenvalue weighted by Crippen LogP contribution is -2.41. The quantitative estimate of drug-likeness (QED) is 0.582. The molecule has 4 nitrogen and oxygen atoms in total. The Balaban J connectivity index is 3.87. The first kappa shape index (κ1) is 14.4. The Kier molecular flexibility index (Phi) is 8.33. The van der Waals surface area contributed by atoms with Crippen LogP contribution in [0.15, 0.2) is 0 Å². The summed E-state index contributed by atoms with van der Waals surface area (Å²) in [5.74, 6) is 0.0628. The number of hydrogen-bond acceptors (Lipinski definition) is 3. The van der Waals surface area contributed by atoms with Gasteiger partial charge in [0.05, 0.1) is 0 Å². The Labute approximate surface area is 93.2 Å². The van der Waals surface area contributed by atoms with Crippen molar-refractivity contribution in [2.45, 2.75) is 38.6 Å². The van der Waals surface area contributed by atoms with Crippen LogP contribution < -0.4 is 11.1 Å². The molecule has 1 atom stereocenters. The number of nitrogens with zero attached hydrogens (tertiary/aromatic N) is 1. The van der Waals surface area contributed by atoms with Crippen LogP contribution in [0, 0.1) is 0 Å². The van der Waals surface area contributed by atoms with Crippen LogP contribution in [0.2, 0.25) is 0 Å². The van der Waals surface area contributed by atoms with E-state index in [1.807, 2.05) is 7.05 Å². The van der Waals surface area contributed by atoms with Gasteiger partial charge in [0.2, 0.25) is 5.91 Å². The molecule has 3 N–H and O–H groups in total. The van der Waals surface area contributed by atoms with Crippen molar-refractivity contribution < 1.29 is 4.79 Å². The predicted octanol–water partition coefficient (Wildman–Crippen LogP) is 0.572. The van der Waals surface area contributed by atoms with Crippen LogP contribution in [0.3, 0.4) is 0 Å². The monoisotopic (exact) mass is 215 g/mol. The van der Waals surface area contributed by atoms with Crippen LogP contribution in [-0.2, 0) is 4.79 Å². The lowest BCUT2D eigenvalue weighted by molar-refractivity contribution is -0.121. The molecule has 0 heterocycles. The number of amides is 1. The Morgan fingerprint density at radius 2 is 2.13 bits per heavy atom. The Morgan fingerprint density at radius 1 is 1.47 bits per heavy atom. The molecule has 0 saturated heterocycles. The summed E-state index contributed by atoms with van der Waals surface area (Å²) >= 11 is 0. The van der Waals surface area contributed by atoms with Crippen molar-refractivity contribution in [2.75, 3.05) is 27.2 Å². The average Bonchev–Trinajstić information content (AvgIpc) is 2.25. The number of carbonyl (C=O) groups is 1. The topological polar surface area (TPSA) is 58.4 Å². The smallest absolute Gasteiger partial charge is 0.221 e. The molecule has 0 bridgehead atoms. The third-order valence-electron chi connectivity index (χ3n) is 2.71. The molecule has 15 heavy (non-hydrogen) atoms. The van der Waals surface area contributed by atoms with Gasteiger partial charge in [-0.1, -0.05) is 19.8 Å². The van der Waals surface area contributed by atoms with Crippen molar-refractivity contribution in [1.82, 2.24) is 10.2 Å². The standard InChI is InChI=1S/C11H25N3O/c1-4-5-6-7-14(3)10(9-12)8-11(15)13-2/h10H,4-9,12H2,1-3H3,(H,13,15). The van der Waals surface area contributed by atoms with Crippen LogP contribution in [0.4, 0.5) is 0 Å². The highest BCUT2D eigenvalue weighted by Gasteiger charge is 2.15. The SMILES string of the molecule is CCCCCN(C)C(CN)CC(=O)NC. The van der Waals surface area contributed by atoms with Gasteiger partial charge in [0.25, 0.3) is 0 Å². The first-order valence-electron chi connectivity index (χ1n) is 5.76. The van der Waals surface area contributed by atoms with Crippen molar-refractivity contribution in [2.24, 2.45) is 5.73 Å². The van der Waals surface area contributed by atoms with Gasteiger partial charge in [-0.15, -0.1) is 0 Å². The number of likely N-dealkylation sites (N-methyl/N-ethyl adjacent to an activating group) is 1. The van der Waals surface area contributed by atoms with E-state index in [9.17, 15) is 4.79 Å². The molecule has 0 fully saturated rings. The summed E-state index contributed by atoms with van der Waals surface area (Å²) in [5.41, 5.74) is 5.66. The van der Waals surface area contributed by atoms with Crippen molar-refractivity contribution in [3.05, 3.63) is 0 Å². The van der Waals surface area contributed by atoms with E-state index in [1.54, 1.807) is 7.05 Å². The zero-order valence-corrected chi connectivity index (χ0v) is 10.3. The molecular formula is C11H25N3O. The van der Waals surface area contributed by atoms with Crippen LogP contribution in [0.25, 0.3) is 0 Å². The van der Waals surface area contributed by atoms with Gasteiger partial charge in [-0.05, 0) is 20.0 Å². The van der Waals surface area contributed by atoms with Crippen molar-refractivity contribution in [3.8, 4) is 0 Å². The minimum atomic E-state index is 0.0628. The largest absolute Gasteiger partial charge is 0.359 e. The molecule has 0 aliphatic heterocycles. The average molecular weight is 215 g/mol. The summed E-state index contributed by atoms with van der Waals surface area (Å²) < 4.78 is 0. The van der Waals surface area contributed by atoms with Gasteiger partial charge < -0.3 is 16.0 Å². The fourth-order valence-electron chi connectivity index (χ4n) is 1.53. The van der Waals surface area contributed by atoms with E-state index in [-0.39, 0.29) is 11.9 Å². The van der Waals surface area contributed by atoms with Gasteiger partial charge >= 0.3 is 0 Å². The zero-order valence-electron chi connectivity index (χ0n) is 10.3. The molecule has 0 saturated carbocycles. The van der Waals surface area contributed by atoms with Crippen LogP contribution in [0.5, 0.6) is 0 Å². The summed E-state index contributed by atoms with van der Waals surface area (Å²) in [5, 5.41) is 2.63. The van der Waals surface area contributed by atoms with Crippen molar-refractivity contribution in [1.29, 1.82) is 0 Å². The summed E-state index contributed by atoms with van der Waals surface area (Å²) in [6.07, 6.45) is 4.13. The summed E-state index contributed by atoms with van der Waals surface area (Å²) in [4.78, 5) is 13.4. The fourth-order valence-corrected chi connectivity index (χ4v) is 1.53. The van der Waals surface area contributed by atoms with Crippen molar-refractivity contribution in [3.63, 3.8) is 0 Å². The minimum absolute atomic E-state index is 0.0628. The predicted molar refractivity (Wildman–Crippen MR) is 63.7 cm³/mol. The minimum Gasteiger partial charge on any atom is -0.359 e. The molecule has 0 rings (SSSR count). The number of nitrogens with two attached hydrogens (primary N) is 1. The molecule has 0 aliphatic rings. The maximum Gasteiger partial charge on any atom is 0.221 e. The van der Waals surface area contributed by atoms with Crippen molar-refractivity contribution >= 4 is 5.91 Å². The maximum absolute atomic E-state index is 11.2. The number of unbranched alkanes of at least 4 members (excludes halogenated alkanes) is 2. The molecular weight excluding hydrogens is 190 g/mol. The maximum atomic E-state index is 11.2. The molecule has 0 spiro atoms. The van der Waals surface area contributed by atoms with Crippen LogP contribution >= 0.6 is 0 Å². The van der Waals surface area contributed by atoms with Gasteiger partial charge in [-0.25, -0.2) is 0 Å². The van der Waals surface area contributed by atoms with E-state index >= 15 is 0 Å². The molecule has 1 unspecified atom stereocenters. The molecule has 0 aromatic heterocycles. The number of hydrogen-bond donors (Lipinski definition) is 2. The van der Waals surface area contributed by atoms with Gasteiger partial charge in [-0.3, -0.25) is 4.79 Å². The number of nitrogens with one attached hydrogen (secondary N) is 1. The van der Waals surface area contributed by atoms with Gasteiger partial charge in [0.15, 0.2) is 0 Å². The lowest BCUT2D eigenvalue weighted by atomic mass is 10.1. The molecule has 0 aromatic rings. The molecule has 90 valence electrons. The second-order valence-electron chi connectivity index (χ2n) is 3.95. The van der Waals surface area contributed by atoms with Gasteiger partial charge in [0, 0.05) is 26.1 Å². The van der Waals surface area contributed by atoms with E-state index in [0.29, 0.717) is 13.0 Å². The molecule has 0 aromatic carbocycles. The van der Waals surface area contributed by atoms with Crippen LogP contribution in [0.1, 0.15) is 32.6 Å². The molecule has 0 radical (unpaired) electrons. The van der Waals surface area contributed by atoms with E-state index in [4.69, 9.17) is 5.73 Å². The fraction of sp³-hybridized carbons (Fsp3) is 0.909. The Hall–Kier alpha value is -0.610. The first-order valence-corrected chi connectivity index (χ1v) is 5.76. The lowest BCUT2D eigenvalue weighted by Gasteiger charge is -2.26. The van der Waals surface area contributed by atoms with E-state index in [2.05, 4.69) is 17.1 Å². The van der Waals surface area contributed by atoms with E-state index in [0.717, 1.165) is 6.54 Å². The van der Waals surface area contributed by atoms with Gasteiger partial charge in [-0.2, -0.15) is 0 Å². The third-order valence-corrected chi connectivity index (χ3v) is 2.71. The van der Waals surface area contributed by atoms with Gasteiger partial charge in [0.1, 0.15) is 0 Å². The number of rotatable bonds is 8. The highest BCUT2D eigenvalue weighted by molar-refractivity contribution is 5.76. The summed E-state index contributed by atoms with van der Waals surface area (Å²) in [7, 11) is 3.70. The first-order chi connectivity index (χ1) is 7.15. The summed E-state index contributed by atoms with van der Waals surface area (Å²) in [6, 6.07) is 0.168. The number of carbonyl (C=O) groups excluding carboxylic acids is 1. The van der Waals surface area contributed by atoms with E-state index in [1.165, 1.54) is 19.3 Å². The van der Waals surface area contributed by atoms with Crippen LogP contribution in [-0.4, -0.2) is 44.0 Å². The highest BCUT2D eigenvalue weighted by atomic mass is 16.1. The Bertz CT molecular complexity index is 173.